The molecule has 0 bridgehead atoms. The molecule has 1 aliphatic heterocycles. The number of thiocarbonyl (C=S) groups is 1. The number of halogens is 3. The number of anilines is 4. The van der Waals surface area contributed by atoms with E-state index >= 15 is 0 Å². The van der Waals surface area contributed by atoms with Gasteiger partial charge in [0.15, 0.2) is 16.7 Å². The van der Waals surface area contributed by atoms with E-state index in [1.807, 2.05) is 6.07 Å². The van der Waals surface area contributed by atoms with E-state index in [-0.39, 0.29) is 23.3 Å². The fourth-order valence-corrected chi connectivity index (χ4v) is 4.39. The largest absolute Gasteiger partial charge is 0.393 e. The normalized spacial score (nSPS) is 21.1. The minimum atomic E-state index is -1.09. The number of pyridine rings is 1. The van der Waals surface area contributed by atoms with Crippen LogP contribution in [-0.2, 0) is 4.74 Å². The first-order valence-corrected chi connectivity index (χ1v) is 11.8. The Labute approximate surface area is 201 Å². The summed E-state index contributed by atoms with van der Waals surface area (Å²) < 4.78 is 46.6. The highest BCUT2D eigenvalue weighted by Crippen LogP contribution is 2.29. The topological polar surface area (TPSA) is 90.5 Å². The number of aliphatic hydroxyl groups is 1. The van der Waals surface area contributed by atoms with Crippen LogP contribution < -0.4 is 21.3 Å². The summed E-state index contributed by atoms with van der Waals surface area (Å²) in [6.45, 7) is 1.31. The summed E-state index contributed by atoms with van der Waals surface area (Å²) >= 11 is 5.24. The van der Waals surface area contributed by atoms with Crippen molar-refractivity contribution in [1.82, 2.24) is 4.98 Å². The number of hydrogen-bond acceptors (Lipinski definition) is 6. The van der Waals surface area contributed by atoms with Crippen molar-refractivity contribution >= 4 is 40.2 Å². The fourth-order valence-electron chi connectivity index (χ4n) is 4.17. The summed E-state index contributed by atoms with van der Waals surface area (Å²) in [4.78, 5) is 4.47. The van der Waals surface area contributed by atoms with Gasteiger partial charge in [0.2, 0.25) is 0 Å². The van der Waals surface area contributed by atoms with Gasteiger partial charge in [0.25, 0.3) is 0 Å². The molecule has 1 aromatic heterocycles. The van der Waals surface area contributed by atoms with Gasteiger partial charge in [-0.25, -0.2) is 18.2 Å². The third-order valence-electron chi connectivity index (χ3n) is 6.03. The van der Waals surface area contributed by atoms with Crippen molar-refractivity contribution in [3.63, 3.8) is 0 Å². The van der Waals surface area contributed by atoms with Crippen molar-refractivity contribution in [3.05, 3.63) is 41.8 Å². The molecule has 2 heterocycles. The summed E-state index contributed by atoms with van der Waals surface area (Å²) in [5.74, 6) is -2.51. The average Bonchev–Trinajstić information content (AvgIpc) is 2.80. The zero-order chi connectivity index (χ0) is 24.1. The Morgan fingerprint density at radius 1 is 0.882 bits per heavy atom. The molecule has 2 aromatic rings. The first kappa shape index (κ1) is 24.5. The van der Waals surface area contributed by atoms with Crippen LogP contribution in [0.1, 0.15) is 38.5 Å². The highest BCUT2D eigenvalue weighted by molar-refractivity contribution is 7.80. The minimum absolute atomic E-state index is 0.0665. The maximum absolute atomic E-state index is 14.0. The zero-order valence-electron chi connectivity index (χ0n) is 18.5. The highest BCUT2D eigenvalue weighted by atomic mass is 32.1. The Bertz CT molecular complexity index is 991. The lowest BCUT2D eigenvalue weighted by Crippen LogP contribution is -2.30. The predicted molar refractivity (Wildman–Crippen MR) is 130 cm³/mol. The van der Waals surface area contributed by atoms with Crippen LogP contribution in [0.15, 0.2) is 24.4 Å². The van der Waals surface area contributed by atoms with Gasteiger partial charge in [-0.15, -0.1) is 0 Å². The van der Waals surface area contributed by atoms with Gasteiger partial charge in [-0.1, -0.05) is 0 Å². The lowest BCUT2D eigenvalue weighted by Gasteiger charge is -2.28. The molecule has 0 unspecified atom stereocenters. The Balaban J connectivity index is 1.49. The van der Waals surface area contributed by atoms with Crippen molar-refractivity contribution in [1.29, 1.82) is 0 Å². The van der Waals surface area contributed by atoms with Crippen molar-refractivity contribution < 1.29 is 23.0 Å². The Hall–Kier alpha value is -2.63. The van der Waals surface area contributed by atoms with Gasteiger partial charge in [-0.2, -0.15) is 0 Å². The summed E-state index contributed by atoms with van der Waals surface area (Å²) in [5, 5.41) is 22.0. The fraction of sp³-hybridized carbons (Fsp3) is 0.478. The number of nitrogens with one attached hydrogen (secondary N) is 4. The van der Waals surface area contributed by atoms with E-state index in [1.165, 1.54) is 0 Å². The molecule has 1 saturated heterocycles. The second-order valence-electron chi connectivity index (χ2n) is 8.62. The Kier molecular flexibility index (Phi) is 8.07. The molecular weight excluding hydrogens is 467 g/mol. The maximum atomic E-state index is 14.0. The van der Waals surface area contributed by atoms with E-state index in [0.717, 1.165) is 44.2 Å². The van der Waals surface area contributed by atoms with Gasteiger partial charge in [0.1, 0.15) is 17.3 Å². The molecule has 0 atom stereocenters. The van der Waals surface area contributed by atoms with Gasteiger partial charge in [-0.05, 0) is 50.7 Å². The molecule has 4 rings (SSSR count). The van der Waals surface area contributed by atoms with Crippen molar-refractivity contribution in [2.24, 2.45) is 0 Å². The molecule has 7 nitrogen and oxygen atoms in total. The molecule has 2 aliphatic rings. The molecule has 0 spiro atoms. The first-order chi connectivity index (χ1) is 16.4. The number of rotatable bonds is 6. The lowest BCUT2D eigenvalue weighted by molar-refractivity contribution is 0.0904. The molecule has 0 radical (unpaired) electrons. The molecule has 11 heteroatoms. The number of ether oxygens (including phenoxy) is 1. The number of hydrogen-bond donors (Lipinski definition) is 5. The van der Waals surface area contributed by atoms with Crippen molar-refractivity contribution in [2.75, 3.05) is 34.5 Å². The van der Waals surface area contributed by atoms with Crippen LogP contribution in [-0.4, -0.2) is 46.6 Å². The molecule has 1 aliphatic carbocycles. The smallest absolute Gasteiger partial charge is 0.175 e. The summed E-state index contributed by atoms with van der Waals surface area (Å²) in [5.41, 5.74) is 0.713. The predicted octanol–water partition coefficient (Wildman–Crippen LogP) is 4.61. The molecule has 2 fully saturated rings. The summed E-state index contributed by atoms with van der Waals surface area (Å²) in [6.07, 6.45) is 6.23. The minimum Gasteiger partial charge on any atom is -0.393 e. The van der Waals surface area contributed by atoms with Crippen molar-refractivity contribution in [3.8, 4) is 0 Å². The summed E-state index contributed by atoms with van der Waals surface area (Å²) in [6, 6.07) is 3.43. The quantitative estimate of drug-likeness (QED) is 0.371. The molecule has 34 heavy (non-hydrogen) atoms. The van der Waals surface area contributed by atoms with E-state index in [0.29, 0.717) is 36.9 Å². The van der Waals surface area contributed by atoms with E-state index in [2.05, 4.69) is 26.3 Å². The Morgan fingerprint density at radius 2 is 1.53 bits per heavy atom. The monoisotopic (exact) mass is 495 g/mol. The van der Waals surface area contributed by atoms with Gasteiger partial charge in [0, 0.05) is 43.5 Å². The van der Waals surface area contributed by atoms with Crippen LogP contribution in [0.3, 0.4) is 0 Å². The van der Waals surface area contributed by atoms with Gasteiger partial charge in [-0.3, -0.25) is 0 Å². The number of aromatic nitrogens is 1. The van der Waals surface area contributed by atoms with Crippen LogP contribution in [0, 0.1) is 17.5 Å². The van der Waals surface area contributed by atoms with E-state index in [4.69, 9.17) is 17.0 Å². The number of nitrogens with zero attached hydrogens (tertiary/aromatic N) is 1. The first-order valence-electron chi connectivity index (χ1n) is 11.4. The third kappa shape index (κ3) is 6.49. The molecule has 0 amide bonds. The Morgan fingerprint density at radius 3 is 2.21 bits per heavy atom. The second kappa shape index (κ2) is 11.2. The van der Waals surface area contributed by atoms with Gasteiger partial charge >= 0.3 is 0 Å². The molecule has 5 N–H and O–H groups in total. The molecule has 1 aromatic carbocycles. The number of aliphatic hydroxyl groups excluding tert-OH is 1. The standard InChI is InChI=1S/C23H28F3N5O2S/c24-13-9-17(25)22(18(26)10-13)31-23(34)30-20-12-27-21(29-14-1-3-16(32)4-2-14)11-19(20)28-15-5-7-33-8-6-15/h9-12,14-16,32H,1-8H2,(H2,27,28,29)(H2,30,31,34). The average molecular weight is 496 g/mol. The zero-order valence-corrected chi connectivity index (χ0v) is 19.4. The van der Waals surface area contributed by atoms with Crippen LogP contribution >= 0.6 is 12.2 Å². The van der Waals surface area contributed by atoms with E-state index < -0.39 is 23.1 Å². The third-order valence-corrected chi connectivity index (χ3v) is 6.23. The molecule has 184 valence electrons. The van der Waals surface area contributed by atoms with E-state index in [9.17, 15) is 18.3 Å². The van der Waals surface area contributed by atoms with Crippen LogP contribution in [0.2, 0.25) is 0 Å². The highest BCUT2D eigenvalue weighted by Gasteiger charge is 2.21. The van der Waals surface area contributed by atoms with Gasteiger partial charge in [0.05, 0.1) is 23.7 Å². The maximum Gasteiger partial charge on any atom is 0.175 e. The lowest BCUT2D eigenvalue weighted by atomic mass is 9.93. The van der Waals surface area contributed by atoms with E-state index in [1.54, 1.807) is 6.20 Å². The van der Waals surface area contributed by atoms with Crippen LogP contribution in [0.4, 0.5) is 36.1 Å². The van der Waals surface area contributed by atoms with Crippen LogP contribution in [0.5, 0.6) is 0 Å². The SMILES string of the molecule is OC1CCC(Nc2cc(NC3CCOCC3)c(NC(=S)Nc3c(F)cc(F)cc3F)cn2)CC1. The van der Waals surface area contributed by atoms with Gasteiger partial charge < -0.3 is 31.1 Å². The number of benzene rings is 1. The molecule has 1 saturated carbocycles. The second-order valence-corrected chi connectivity index (χ2v) is 9.03. The summed E-state index contributed by atoms with van der Waals surface area (Å²) in [7, 11) is 0. The van der Waals surface area contributed by atoms with Crippen molar-refractivity contribution in [2.45, 2.75) is 56.7 Å². The van der Waals surface area contributed by atoms with Crippen LogP contribution in [0.25, 0.3) is 0 Å². The molecular formula is C23H28F3N5O2S.